The zero-order valence-electron chi connectivity index (χ0n) is 15.2. The molecule has 26 heavy (non-hydrogen) atoms. The Kier molecular flexibility index (Phi) is 4.62. The summed E-state index contributed by atoms with van der Waals surface area (Å²) in [6.45, 7) is 2.55. The lowest BCUT2D eigenvalue weighted by atomic mass is 10.1. The molecule has 4 heterocycles. The van der Waals surface area contributed by atoms with Crippen LogP contribution in [0.1, 0.15) is 23.2 Å². The van der Waals surface area contributed by atoms with Crippen LogP contribution >= 0.6 is 0 Å². The summed E-state index contributed by atoms with van der Waals surface area (Å²) >= 11 is 0. The molecule has 0 atom stereocenters. The van der Waals surface area contributed by atoms with Gasteiger partial charge in [-0.1, -0.05) is 0 Å². The van der Waals surface area contributed by atoms with Crippen molar-refractivity contribution in [2.75, 3.05) is 18.5 Å². The monoisotopic (exact) mass is 349 g/mol. The van der Waals surface area contributed by atoms with Crippen molar-refractivity contribution in [3.8, 4) is 11.4 Å². The van der Waals surface area contributed by atoms with E-state index in [1.54, 1.807) is 6.20 Å². The summed E-state index contributed by atoms with van der Waals surface area (Å²) in [6.07, 6.45) is 9.66. The predicted octanol–water partition coefficient (Wildman–Crippen LogP) is 1.94. The first kappa shape index (κ1) is 16.7. The quantitative estimate of drug-likeness (QED) is 0.733. The largest absolute Gasteiger partial charge is 0.359 e. The van der Waals surface area contributed by atoms with Gasteiger partial charge in [-0.15, -0.1) is 0 Å². The molecule has 4 rings (SSSR count). The van der Waals surface area contributed by atoms with Gasteiger partial charge in [0.25, 0.3) is 0 Å². The number of aromatic nitrogens is 5. The van der Waals surface area contributed by atoms with Crippen LogP contribution < -0.4 is 10.2 Å². The third-order valence-corrected chi connectivity index (χ3v) is 4.66. The van der Waals surface area contributed by atoms with Gasteiger partial charge in [0.05, 0.1) is 11.9 Å². The first-order valence-corrected chi connectivity index (χ1v) is 8.90. The Bertz CT molecular complexity index is 888. The SMILES string of the molecule is CN(CCCc1cnn(C)c1)c1nc(-c2cccnc2)nc2c1CNC2. The Morgan fingerprint density at radius 2 is 2.15 bits per heavy atom. The van der Waals surface area contributed by atoms with Crippen LogP contribution in [0.25, 0.3) is 11.4 Å². The van der Waals surface area contributed by atoms with Crippen LogP contribution in [0.5, 0.6) is 0 Å². The minimum absolute atomic E-state index is 0.745. The maximum absolute atomic E-state index is 4.86. The summed E-state index contributed by atoms with van der Waals surface area (Å²) in [4.78, 5) is 16.0. The Balaban J connectivity index is 1.53. The number of hydrogen-bond donors (Lipinski definition) is 1. The molecular formula is C19H23N7. The molecule has 0 radical (unpaired) electrons. The second kappa shape index (κ2) is 7.21. The normalized spacial score (nSPS) is 13.0. The number of pyridine rings is 1. The van der Waals surface area contributed by atoms with E-state index in [0.717, 1.165) is 55.4 Å². The minimum atomic E-state index is 0.745. The van der Waals surface area contributed by atoms with Crippen LogP contribution in [0.3, 0.4) is 0 Å². The second-order valence-corrected chi connectivity index (χ2v) is 6.69. The van der Waals surface area contributed by atoms with Gasteiger partial charge in [-0.25, -0.2) is 9.97 Å². The molecule has 3 aromatic heterocycles. The number of fused-ring (bicyclic) bond motifs is 1. The lowest BCUT2D eigenvalue weighted by Crippen LogP contribution is -2.22. The lowest BCUT2D eigenvalue weighted by molar-refractivity contribution is 0.749. The highest BCUT2D eigenvalue weighted by Crippen LogP contribution is 2.27. The molecule has 0 spiro atoms. The number of rotatable bonds is 6. The summed E-state index contributed by atoms with van der Waals surface area (Å²) in [7, 11) is 4.06. The molecule has 1 N–H and O–H groups in total. The van der Waals surface area contributed by atoms with Crippen LogP contribution in [0, 0.1) is 0 Å². The van der Waals surface area contributed by atoms with Crippen molar-refractivity contribution in [1.82, 2.24) is 30.0 Å². The Labute approximate surface area is 153 Å². The molecule has 0 aromatic carbocycles. The lowest BCUT2D eigenvalue weighted by Gasteiger charge is -2.21. The molecule has 7 heteroatoms. The number of nitrogens with zero attached hydrogens (tertiary/aromatic N) is 6. The highest BCUT2D eigenvalue weighted by molar-refractivity contribution is 5.60. The topological polar surface area (TPSA) is 71.8 Å². The van der Waals surface area contributed by atoms with Gasteiger partial charge in [0.15, 0.2) is 5.82 Å². The van der Waals surface area contributed by atoms with Crippen molar-refractivity contribution in [1.29, 1.82) is 0 Å². The Hall–Kier alpha value is -2.80. The van der Waals surface area contributed by atoms with Gasteiger partial charge in [-0.3, -0.25) is 9.67 Å². The molecular weight excluding hydrogens is 326 g/mol. The summed E-state index contributed by atoms with van der Waals surface area (Å²) in [5, 5.41) is 7.62. The van der Waals surface area contributed by atoms with Gasteiger partial charge >= 0.3 is 0 Å². The standard InChI is InChI=1S/C19H23N7/c1-25(8-4-5-14-9-22-26(2)13-14)19-16-11-21-12-17(16)23-18(24-19)15-6-3-7-20-10-15/h3,6-7,9-10,13,21H,4-5,8,11-12H2,1-2H3. The average molecular weight is 349 g/mol. The third kappa shape index (κ3) is 3.43. The van der Waals surface area contributed by atoms with Gasteiger partial charge in [0, 0.05) is 63.4 Å². The zero-order valence-corrected chi connectivity index (χ0v) is 15.2. The van der Waals surface area contributed by atoms with E-state index in [9.17, 15) is 0 Å². The highest BCUT2D eigenvalue weighted by atomic mass is 15.2. The summed E-state index contributed by atoms with van der Waals surface area (Å²) < 4.78 is 1.85. The fourth-order valence-electron chi connectivity index (χ4n) is 3.32. The second-order valence-electron chi connectivity index (χ2n) is 6.69. The van der Waals surface area contributed by atoms with E-state index >= 15 is 0 Å². The summed E-state index contributed by atoms with van der Waals surface area (Å²) in [5.41, 5.74) is 4.52. The molecule has 1 aliphatic rings. The number of nitrogens with one attached hydrogen (secondary N) is 1. The van der Waals surface area contributed by atoms with Crippen molar-refractivity contribution in [3.63, 3.8) is 0 Å². The van der Waals surface area contributed by atoms with E-state index in [4.69, 9.17) is 9.97 Å². The van der Waals surface area contributed by atoms with Gasteiger partial charge in [0.1, 0.15) is 5.82 Å². The maximum Gasteiger partial charge on any atom is 0.163 e. The van der Waals surface area contributed by atoms with Crippen LogP contribution in [0.4, 0.5) is 5.82 Å². The third-order valence-electron chi connectivity index (χ3n) is 4.66. The van der Waals surface area contributed by atoms with Gasteiger partial charge < -0.3 is 10.2 Å². The number of anilines is 1. The molecule has 0 saturated heterocycles. The van der Waals surface area contributed by atoms with E-state index in [1.165, 1.54) is 11.1 Å². The van der Waals surface area contributed by atoms with Crippen molar-refractivity contribution in [2.45, 2.75) is 25.9 Å². The fourth-order valence-corrected chi connectivity index (χ4v) is 3.32. The van der Waals surface area contributed by atoms with E-state index < -0.39 is 0 Å². The average Bonchev–Trinajstić information content (AvgIpc) is 3.30. The highest BCUT2D eigenvalue weighted by Gasteiger charge is 2.21. The predicted molar refractivity (Wildman–Crippen MR) is 101 cm³/mol. The minimum Gasteiger partial charge on any atom is -0.359 e. The van der Waals surface area contributed by atoms with Crippen LogP contribution in [-0.4, -0.2) is 38.3 Å². The molecule has 3 aromatic rings. The van der Waals surface area contributed by atoms with Gasteiger partial charge in [-0.05, 0) is 30.5 Å². The van der Waals surface area contributed by atoms with E-state index in [0.29, 0.717) is 0 Å². The Morgan fingerprint density at radius 1 is 1.23 bits per heavy atom. The van der Waals surface area contributed by atoms with Gasteiger partial charge in [-0.2, -0.15) is 5.10 Å². The van der Waals surface area contributed by atoms with E-state index in [-0.39, 0.29) is 0 Å². The number of hydrogen-bond acceptors (Lipinski definition) is 6. The van der Waals surface area contributed by atoms with Crippen LogP contribution in [0.2, 0.25) is 0 Å². The molecule has 0 fully saturated rings. The van der Waals surface area contributed by atoms with Crippen LogP contribution in [-0.2, 0) is 26.6 Å². The fraction of sp³-hybridized carbons (Fsp3) is 0.368. The van der Waals surface area contributed by atoms with E-state index in [2.05, 4.69) is 33.5 Å². The van der Waals surface area contributed by atoms with Gasteiger partial charge in [0.2, 0.25) is 0 Å². The zero-order chi connectivity index (χ0) is 17.9. The first-order valence-electron chi connectivity index (χ1n) is 8.90. The van der Waals surface area contributed by atoms with Crippen LogP contribution in [0.15, 0.2) is 36.9 Å². The maximum atomic E-state index is 4.86. The molecule has 7 nitrogen and oxygen atoms in total. The van der Waals surface area contributed by atoms with Crippen molar-refractivity contribution in [3.05, 3.63) is 53.7 Å². The molecule has 1 aliphatic heterocycles. The molecule has 0 bridgehead atoms. The number of aryl methyl sites for hydroxylation is 2. The molecule has 134 valence electrons. The molecule has 0 aliphatic carbocycles. The first-order chi connectivity index (χ1) is 12.7. The van der Waals surface area contributed by atoms with Crippen molar-refractivity contribution < 1.29 is 0 Å². The van der Waals surface area contributed by atoms with E-state index in [1.807, 2.05) is 36.3 Å². The molecule has 0 saturated carbocycles. The smallest absolute Gasteiger partial charge is 0.163 e. The van der Waals surface area contributed by atoms with Crippen molar-refractivity contribution in [2.24, 2.45) is 7.05 Å². The molecule has 0 unspecified atom stereocenters. The van der Waals surface area contributed by atoms with Crippen molar-refractivity contribution >= 4 is 5.82 Å². The molecule has 0 amide bonds. The Morgan fingerprint density at radius 3 is 2.92 bits per heavy atom. The summed E-state index contributed by atoms with van der Waals surface area (Å²) in [6, 6.07) is 3.92. The summed E-state index contributed by atoms with van der Waals surface area (Å²) in [5.74, 6) is 1.76.